The average Bonchev–Trinajstić information content (AvgIpc) is 2.90. The Kier molecular flexibility index (Phi) is 4.78. The molecule has 0 spiro atoms. The fourth-order valence-corrected chi connectivity index (χ4v) is 1.90. The quantitative estimate of drug-likeness (QED) is 0.860. The Morgan fingerprint density at radius 2 is 2.10 bits per heavy atom. The molecule has 20 heavy (non-hydrogen) atoms. The summed E-state index contributed by atoms with van der Waals surface area (Å²) in [6.07, 6.45) is 4.49. The molecule has 4 nitrogen and oxygen atoms in total. The highest BCUT2D eigenvalue weighted by atomic mass is 32.1. The van der Waals surface area contributed by atoms with Crippen LogP contribution < -0.4 is 10.1 Å². The molecule has 0 atom stereocenters. The lowest BCUT2D eigenvalue weighted by Crippen LogP contribution is -2.07. The van der Waals surface area contributed by atoms with Gasteiger partial charge in [0, 0.05) is 17.7 Å². The van der Waals surface area contributed by atoms with Crippen LogP contribution in [0.5, 0.6) is 5.75 Å². The highest BCUT2D eigenvalue weighted by molar-refractivity contribution is 7.13. The van der Waals surface area contributed by atoms with Crippen LogP contribution in [-0.2, 0) is 4.79 Å². The Bertz CT molecular complexity index is 583. The van der Waals surface area contributed by atoms with E-state index in [1.165, 1.54) is 29.5 Å². The standard InChI is InChI=1S/C13H10F2N2O2S/c14-12(15)19-10-4-1-9(2-5-10)3-6-11(18)17-13-16-7-8-20-13/h1-8,12H,(H,16,17,18). The van der Waals surface area contributed by atoms with Crippen molar-refractivity contribution < 1.29 is 18.3 Å². The van der Waals surface area contributed by atoms with Crippen molar-refractivity contribution in [2.45, 2.75) is 6.61 Å². The molecule has 1 amide bonds. The lowest BCUT2D eigenvalue weighted by molar-refractivity contribution is -0.111. The minimum absolute atomic E-state index is 0.0735. The number of carbonyl (C=O) groups is 1. The zero-order valence-corrected chi connectivity index (χ0v) is 10.9. The van der Waals surface area contributed by atoms with Gasteiger partial charge < -0.3 is 4.74 Å². The van der Waals surface area contributed by atoms with Gasteiger partial charge in [0.15, 0.2) is 5.13 Å². The van der Waals surface area contributed by atoms with Crippen LogP contribution in [0.4, 0.5) is 13.9 Å². The third kappa shape index (κ3) is 4.43. The molecule has 0 bridgehead atoms. The van der Waals surface area contributed by atoms with Crippen LogP contribution in [0.15, 0.2) is 41.9 Å². The molecule has 1 aromatic carbocycles. The first-order valence-electron chi connectivity index (χ1n) is 5.57. The number of amides is 1. The van der Waals surface area contributed by atoms with Crippen LogP contribution in [0, 0.1) is 0 Å². The Hall–Kier alpha value is -2.28. The Labute approximate surface area is 117 Å². The first-order valence-corrected chi connectivity index (χ1v) is 6.45. The first kappa shape index (κ1) is 14.1. The molecule has 2 aromatic rings. The summed E-state index contributed by atoms with van der Waals surface area (Å²) in [5, 5.41) is 4.85. The molecule has 0 fully saturated rings. The maximum absolute atomic E-state index is 12.0. The number of nitrogens with zero attached hydrogens (tertiary/aromatic N) is 1. The number of benzene rings is 1. The van der Waals surface area contributed by atoms with Gasteiger partial charge in [0.2, 0.25) is 5.91 Å². The van der Waals surface area contributed by atoms with E-state index in [1.54, 1.807) is 29.8 Å². The lowest BCUT2D eigenvalue weighted by Gasteiger charge is -2.03. The molecule has 0 radical (unpaired) electrons. The molecule has 1 heterocycles. The van der Waals surface area contributed by atoms with Gasteiger partial charge in [-0.05, 0) is 23.8 Å². The number of hydrogen-bond donors (Lipinski definition) is 1. The second-order valence-corrected chi connectivity index (χ2v) is 4.50. The molecule has 1 aromatic heterocycles. The number of halogens is 2. The molecule has 7 heteroatoms. The van der Waals surface area contributed by atoms with E-state index in [2.05, 4.69) is 15.0 Å². The molecular weight excluding hydrogens is 286 g/mol. The van der Waals surface area contributed by atoms with Gasteiger partial charge in [0.05, 0.1) is 0 Å². The summed E-state index contributed by atoms with van der Waals surface area (Å²) < 4.78 is 28.1. The Morgan fingerprint density at radius 3 is 2.70 bits per heavy atom. The topological polar surface area (TPSA) is 51.2 Å². The SMILES string of the molecule is O=C(C=Cc1ccc(OC(F)F)cc1)Nc1nccs1. The highest BCUT2D eigenvalue weighted by Gasteiger charge is 2.03. The van der Waals surface area contributed by atoms with E-state index in [0.29, 0.717) is 10.7 Å². The van der Waals surface area contributed by atoms with Crippen molar-refractivity contribution in [3.63, 3.8) is 0 Å². The summed E-state index contributed by atoms with van der Waals surface area (Å²) in [7, 11) is 0. The van der Waals surface area contributed by atoms with E-state index in [4.69, 9.17) is 0 Å². The normalized spacial score (nSPS) is 10.9. The predicted octanol–water partition coefficient (Wildman–Crippen LogP) is 3.40. The number of thiazole rings is 1. The molecule has 0 aliphatic carbocycles. The molecule has 0 saturated carbocycles. The number of alkyl halides is 2. The summed E-state index contributed by atoms with van der Waals surface area (Å²) in [6.45, 7) is -2.85. The van der Waals surface area contributed by atoms with Gasteiger partial charge in [0.1, 0.15) is 5.75 Å². The molecule has 0 saturated heterocycles. The van der Waals surface area contributed by atoms with Crippen LogP contribution in [-0.4, -0.2) is 17.5 Å². The van der Waals surface area contributed by atoms with Gasteiger partial charge in [-0.25, -0.2) is 4.98 Å². The number of ether oxygens (including phenoxy) is 1. The molecule has 1 N–H and O–H groups in total. The molecule has 0 aliphatic rings. The number of rotatable bonds is 5. The van der Waals surface area contributed by atoms with Crippen LogP contribution >= 0.6 is 11.3 Å². The van der Waals surface area contributed by atoms with Gasteiger partial charge in [-0.2, -0.15) is 8.78 Å². The third-order valence-corrected chi connectivity index (χ3v) is 2.88. The van der Waals surface area contributed by atoms with Gasteiger partial charge in [-0.15, -0.1) is 11.3 Å². The molecule has 2 rings (SSSR count). The summed E-state index contributed by atoms with van der Waals surface area (Å²) in [5.41, 5.74) is 0.695. The molecule has 0 aliphatic heterocycles. The average molecular weight is 296 g/mol. The summed E-state index contributed by atoms with van der Waals surface area (Å²) >= 11 is 1.32. The maximum atomic E-state index is 12.0. The fourth-order valence-electron chi connectivity index (χ4n) is 1.36. The van der Waals surface area contributed by atoms with Crippen molar-refractivity contribution in [2.24, 2.45) is 0 Å². The molecular formula is C13H10F2N2O2S. The first-order chi connectivity index (χ1) is 9.63. The number of carbonyl (C=O) groups excluding carboxylic acids is 1. The third-order valence-electron chi connectivity index (χ3n) is 2.19. The van der Waals surface area contributed by atoms with Crippen LogP contribution in [0.2, 0.25) is 0 Å². The second kappa shape index (κ2) is 6.76. The van der Waals surface area contributed by atoms with Gasteiger partial charge >= 0.3 is 6.61 Å². The van der Waals surface area contributed by atoms with E-state index >= 15 is 0 Å². The number of aromatic nitrogens is 1. The van der Waals surface area contributed by atoms with Gasteiger partial charge in [-0.3, -0.25) is 10.1 Å². The van der Waals surface area contributed by atoms with E-state index in [-0.39, 0.29) is 11.7 Å². The van der Waals surface area contributed by atoms with Crippen LogP contribution in [0.3, 0.4) is 0 Å². The Balaban J connectivity index is 1.92. The number of nitrogens with one attached hydrogen (secondary N) is 1. The van der Waals surface area contributed by atoms with Crippen LogP contribution in [0.1, 0.15) is 5.56 Å². The summed E-state index contributed by atoms with van der Waals surface area (Å²) in [6, 6.07) is 5.96. The minimum atomic E-state index is -2.85. The fraction of sp³-hybridized carbons (Fsp3) is 0.0769. The van der Waals surface area contributed by atoms with E-state index in [9.17, 15) is 13.6 Å². The van der Waals surface area contributed by atoms with Gasteiger partial charge in [-0.1, -0.05) is 12.1 Å². The van der Waals surface area contributed by atoms with E-state index in [0.717, 1.165) is 0 Å². The van der Waals surface area contributed by atoms with Crippen LogP contribution in [0.25, 0.3) is 6.08 Å². The Morgan fingerprint density at radius 1 is 1.35 bits per heavy atom. The van der Waals surface area contributed by atoms with Crippen molar-refractivity contribution in [2.75, 3.05) is 5.32 Å². The largest absolute Gasteiger partial charge is 0.435 e. The zero-order chi connectivity index (χ0) is 14.4. The number of hydrogen-bond acceptors (Lipinski definition) is 4. The summed E-state index contributed by atoms with van der Waals surface area (Å²) in [4.78, 5) is 15.5. The zero-order valence-electron chi connectivity index (χ0n) is 10.1. The molecule has 104 valence electrons. The van der Waals surface area contributed by atoms with Crippen molar-refractivity contribution in [3.05, 3.63) is 47.5 Å². The van der Waals surface area contributed by atoms with Crippen molar-refractivity contribution in [3.8, 4) is 5.75 Å². The van der Waals surface area contributed by atoms with Crippen molar-refractivity contribution in [1.29, 1.82) is 0 Å². The van der Waals surface area contributed by atoms with Crippen molar-refractivity contribution >= 4 is 28.5 Å². The highest BCUT2D eigenvalue weighted by Crippen LogP contribution is 2.16. The van der Waals surface area contributed by atoms with Crippen molar-refractivity contribution in [1.82, 2.24) is 4.98 Å². The smallest absolute Gasteiger partial charge is 0.387 e. The second-order valence-electron chi connectivity index (χ2n) is 3.61. The number of anilines is 1. The monoisotopic (exact) mass is 296 g/mol. The maximum Gasteiger partial charge on any atom is 0.387 e. The summed E-state index contributed by atoms with van der Waals surface area (Å²) in [5.74, 6) is -0.239. The minimum Gasteiger partial charge on any atom is -0.435 e. The molecule has 0 unspecified atom stereocenters. The van der Waals surface area contributed by atoms with E-state index < -0.39 is 6.61 Å². The lowest BCUT2D eigenvalue weighted by atomic mass is 10.2. The predicted molar refractivity (Wildman–Crippen MR) is 72.9 cm³/mol. The van der Waals surface area contributed by atoms with Gasteiger partial charge in [0.25, 0.3) is 0 Å². The van der Waals surface area contributed by atoms with E-state index in [1.807, 2.05) is 0 Å².